The molecule has 0 radical (unpaired) electrons. The number of aromatic nitrogens is 1. The molecule has 7 N–H and O–H groups in total. The number of fused-ring (bicyclic) bond motifs is 1. The molecule has 3 amide bonds. The summed E-state index contributed by atoms with van der Waals surface area (Å²) in [5.74, 6) is -4.72. The van der Waals surface area contributed by atoms with Gasteiger partial charge < -0.3 is 36.5 Å². The lowest BCUT2D eigenvalue weighted by atomic mass is 10.0. The Morgan fingerprint density at radius 3 is 2.29 bits per heavy atom. The van der Waals surface area contributed by atoms with E-state index in [4.69, 9.17) is 0 Å². The summed E-state index contributed by atoms with van der Waals surface area (Å²) in [5.41, 5.74) is 1.60. The van der Waals surface area contributed by atoms with Crippen LogP contribution in [0.2, 0.25) is 0 Å². The second-order valence-electron chi connectivity index (χ2n) is 9.96. The van der Waals surface area contributed by atoms with Crippen LogP contribution >= 0.6 is 0 Å². The third-order valence-corrected chi connectivity index (χ3v) is 6.44. The van der Waals surface area contributed by atoms with Crippen LogP contribution in [0.15, 0.2) is 30.5 Å². The molecule has 1 saturated heterocycles. The quantitative estimate of drug-likeness (QED) is 0.195. The summed E-state index contributed by atoms with van der Waals surface area (Å²) in [6, 6.07) is 3.10. The molecule has 206 valence electrons. The first-order valence-corrected chi connectivity index (χ1v) is 12.7. The van der Waals surface area contributed by atoms with Crippen LogP contribution in [-0.2, 0) is 30.4 Å². The fourth-order valence-corrected chi connectivity index (χ4v) is 4.53. The predicted octanol–water partition coefficient (Wildman–Crippen LogP) is 0.522. The van der Waals surface area contributed by atoms with Gasteiger partial charge in [-0.05, 0) is 43.4 Å². The maximum absolute atomic E-state index is 13.4. The van der Waals surface area contributed by atoms with Gasteiger partial charge in [-0.2, -0.15) is 0 Å². The Bertz CT molecular complexity index is 1170. The molecule has 0 spiro atoms. The molecule has 2 aromatic rings. The molecule has 12 heteroatoms. The standard InChI is InChI=1S/C26H35N5O7/c1-14(2)10-21(26(37)38)31-25(36)20(12-22(32)33)30-24(35)19(29-23(34)18-8-5-9-27-18)11-15-13-28-17-7-4-3-6-16(15)17/h3-4,6-7,13-14,18-21,27-28H,5,8-12H2,1-2H3,(H,29,34)(H,30,35)(H,31,36)(H,32,33)(H,37,38). The van der Waals surface area contributed by atoms with Crippen LogP contribution in [0.5, 0.6) is 0 Å². The van der Waals surface area contributed by atoms with E-state index in [9.17, 15) is 34.2 Å². The number of H-pyrrole nitrogens is 1. The molecule has 1 aromatic carbocycles. The molecule has 12 nitrogen and oxygen atoms in total. The van der Waals surface area contributed by atoms with E-state index in [0.717, 1.165) is 22.9 Å². The third-order valence-electron chi connectivity index (χ3n) is 6.44. The van der Waals surface area contributed by atoms with E-state index in [1.54, 1.807) is 20.0 Å². The lowest BCUT2D eigenvalue weighted by Crippen LogP contribution is -2.58. The van der Waals surface area contributed by atoms with Gasteiger partial charge in [-0.15, -0.1) is 0 Å². The van der Waals surface area contributed by atoms with Gasteiger partial charge in [0, 0.05) is 23.5 Å². The van der Waals surface area contributed by atoms with Gasteiger partial charge in [0.05, 0.1) is 12.5 Å². The summed E-state index contributed by atoms with van der Waals surface area (Å²) < 4.78 is 0. The fraction of sp³-hybridized carbons (Fsp3) is 0.500. The second-order valence-corrected chi connectivity index (χ2v) is 9.96. The van der Waals surface area contributed by atoms with Crippen LogP contribution in [0.1, 0.15) is 45.1 Å². The Balaban J connectivity index is 1.81. The van der Waals surface area contributed by atoms with E-state index in [-0.39, 0.29) is 24.7 Å². The predicted molar refractivity (Wildman–Crippen MR) is 138 cm³/mol. The lowest BCUT2D eigenvalue weighted by Gasteiger charge is -2.25. The number of benzene rings is 1. The van der Waals surface area contributed by atoms with Crippen LogP contribution in [0, 0.1) is 5.92 Å². The van der Waals surface area contributed by atoms with E-state index in [2.05, 4.69) is 26.3 Å². The minimum absolute atomic E-state index is 0.0520. The zero-order valence-electron chi connectivity index (χ0n) is 21.5. The lowest BCUT2D eigenvalue weighted by molar-refractivity contribution is -0.144. The number of aliphatic carboxylic acids is 2. The van der Waals surface area contributed by atoms with Gasteiger partial charge >= 0.3 is 11.9 Å². The van der Waals surface area contributed by atoms with Crippen molar-refractivity contribution in [3.8, 4) is 0 Å². The first-order chi connectivity index (χ1) is 18.0. The molecule has 2 heterocycles. The molecular formula is C26H35N5O7. The molecule has 1 aromatic heterocycles. The maximum Gasteiger partial charge on any atom is 0.326 e. The van der Waals surface area contributed by atoms with Crippen LogP contribution in [0.3, 0.4) is 0 Å². The first kappa shape index (κ1) is 28.6. The fourth-order valence-electron chi connectivity index (χ4n) is 4.53. The van der Waals surface area contributed by atoms with E-state index in [0.29, 0.717) is 13.0 Å². The Morgan fingerprint density at radius 2 is 1.66 bits per heavy atom. The minimum atomic E-state index is -1.54. The molecule has 3 rings (SSSR count). The molecular weight excluding hydrogens is 494 g/mol. The normalized spacial score (nSPS) is 17.5. The van der Waals surface area contributed by atoms with Crippen molar-refractivity contribution in [3.05, 3.63) is 36.0 Å². The summed E-state index contributed by atoms with van der Waals surface area (Å²) in [4.78, 5) is 65.4. The van der Waals surface area contributed by atoms with E-state index in [1.807, 2.05) is 24.3 Å². The summed E-state index contributed by atoms with van der Waals surface area (Å²) >= 11 is 0. The number of amides is 3. The van der Waals surface area contributed by atoms with Crippen LogP contribution in [0.4, 0.5) is 0 Å². The zero-order chi connectivity index (χ0) is 27.8. The second kappa shape index (κ2) is 13.0. The molecule has 0 bridgehead atoms. The third kappa shape index (κ3) is 7.78. The van der Waals surface area contributed by atoms with E-state index in [1.165, 1.54) is 0 Å². The Morgan fingerprint density at radius 1 is 0.974 bits per heavy atom. The van der Waals surface area contributed by atoms with Gasteiger partial charge in [0.1, 0.15) is 18.1 Å². The van der Waals surface area contributed by atoms with Gasteiger partial charge in [0.25, 0.3) is 0 Å². The number of hydrogen-bond acceptors (Lipinski definition) is 6. The van der Waals surface area contributed by atoms with Gasteiger partial charge in [0.15, 0.2) is 0 Å². The topological polar surface area (TPSA) is 190 Å². The van der Waals surface area contributed by atoms with Crippen LogP contribution in [-0.4, -0.2) is 75.6 Å². The molecule has 1 aliphatic rings. The first-order valence-electron chi connectivity index (χ1n) is 12.7. The van der Waals surface area contributed by atoms with Crippen molar-refractivity contribution in [2.45, 2.75) is 70.1 Å². The number of nitrogens with one attached hydrogen (secondary N) is 5. The van der Waals surface area contributed by atoms with Crippen LogP contribution in [0.25, 0.3) is 10.9 Å². The van der Waals surface area contributed by atoms with Crippen molar-refractivity contribution >= 4 is 40.6 Å². The number of aromatic amines is 1. The average Bonchev–Trinajstić information content (AvgIpc) is 3.53. The van der Waals surface area contributed by atoms with Crippen molar-refractivity contribution < 1.29 is 34.2 Å². The Labute approximate surface area is 219 Å². The highest BCUT2D eigenvalue weighted by atomic mass is 16.4. The van der Waals surface area contributed by atoms with Crippen LogP contribution < -0.4 is 21.3 Å². The number of hydrogen-bond donors (Lipinski definition) is 7. The van der Waals surface area contributed by atoms with Crippen molar-refractivity contribution in [2.75, 3.05) is 6.54 Å². The largest absolute Gasteiger partial charge is 0.481 e. The molecule has 1 aliphatic heterocycles. The Hall–Kier alpha value is -3.93. The molecule has 0 saturated carbocycles. The molecule has 0 aliphatic carbocycles. The van der Waals surface area contributed by atoms with Crippen molar-refractivity contribution in [2.24, 2.45) is 5.92 Å². The summed E-state index contributed by atoms with van der Waals surface area (Å²) in [6.07, 6.45) is 2.62. The Kier molecular flexibility index (Phi) is 9.83. The summed E-state index contributed by atoms with van der Waals surface area (Å²) in [5, 5.41) is 30.3. The smallest absolute Gasteiger partial charge is 0.326 e. The molecule has 1 fully saturated rings. The summed E-state index contributed by atoms with van der Waals surface area (Å²) in [6.45, 7) is 4.25. The highest BCUT2D eigenvalue weighted by Crippen LogP contribution is 2.19. The number of rotatable bonds is 13. The molecule has 4 unspecified atom stereocenters. The van der Waals surface area contributed by atoms with Gasteiger partial charge in [-0.25, -0.2) is 4.79 Å². The number of carbonyl (C=O) groups excluding carboxylic acids is 3. The van der Waals surface area contributed by atoms with Crippen molar-refractivity contribution in [1.82, 2.24) is 26.3 Å². The summed E-state index contributed by atoms with van der Waals surface area (Å²) in [7, 11) is 0. The monoisotopic (exact) mass is 529 g/mol. The van der Waals surface area contributed by atoms with Crippen molar-refractivity contribution in [1.29, 1.82) is 0 Å². The molecule has 38 heavy (non-hydrogen) atoms. The number of carboxylic acid groups (broad SMARTS) is 2. The van der Waals surface area contributed by atoms with E-state index < -0.39 is 54.3 Å². The zero-order valence-corrected chi connectivity index (χ0v) is 21.5. The molecule has 4 atom stereocenters. The van der Waals surface area contributed by atoms with E-state index >= 15 is 0 Å². The number of carboxylic acids is 2. The number of para-hydroxylation sites is 1. The van der Waals surface area contributed by atoms with Gasteiger partial charge in [0.2, 0.25) is 17.7 Å². The average molecular weight is 530 g/mol. The minimum Gasteiger partial charge on any atom is -0.481 e. The maximum atomic E-state index is 13.4. The number of carbonyl (C=O) groups is 5. The highest BCUT2D eigenvalue weighted by molar-refractivity contribution is 5.96. The highest BCUT2D eigenvalue weighted by Gasteiger charge is 2.33. The van der Waals surface area contributed by atoms with Crippen molar-refractivity contribution in [3.63, 3.8) is 0 Å². The van der Waals surface area contributed by atoms with Gasteiger partial charge in [-0.1, -0.05) is 32.0 Å². The van der Waals surface area contributed by atoms with Gasteiger partial charge in [-0.3, -0.25) is 19.2 Å². The SMILES string of the molecule is CC(C)CC(NC(=O)C(CC(=O)O)NC(=O)C(Cc1c[nH]c2ccccc12)NC(=O)C1CCCN1)C(=O)O.